The molecule has 0 spiro atoms. The number of hydrogen-bond acceptors (Lipinski definition) is 3. The van der Waals surface area contributed by atoms with E-state index in [1.54, 1.807) is 6.07 Å². The highest BCUT2D eigenvalue weighted by Crippen LogP contribution is 2.37. The Labute approximate surface area is 105 Å². The third-order valence-corrected chi connectivity index (χ3v) is 3.38. The number of ether oxygens (including phenoxy) is 1. The summed E-state index contributed by atoms with van der Waals surface area (Å²) in [5.41, 5.74) is 2.89. The molecular weight excluding hydrogens is 228 g/mol. The van der Waals surface area contributed by atoms with E-state index in [2.05, 4.69) is 6.58 Å². The highest BCUT2D eigenvalue weighted by atomic mass is 16.5. The predicted octanol–water partition coefficient (Wildman–Crippen LogP) is 2.98. The summed E-state index contributed by atoms with van der Waals surface area (Å²) in [6.45, 7) is 7.79. The maximum Gasteiger partial charge on any atom is 0.343 e. The summed E-state index contributed by atoms with van der Waals surface area (Å²) in [6, 6.07) is 5.65. The van der Waals surface area contributed by atoms with Crippen LogP contribution in [-0.4, -0.2) is 6.10 Å². The summed E-state index contributed by atoms with van der Waals surface area (Å²) in [7, 11) is 0. The highest BCUT2D eigenvalue weighted by molar-refractivity contribution is 5.88. The van der Waals surface area contributed by atoms with Crippen molar-refractivity contribution in [2.24, 2.45) is 0 Å². The number of rotatable bonds is 1. The minimum Gasteiger partial charge on any atom is -0.484 e. The lowest BCUT2D eigenvalue weighted by Crippen LogP contribution is -2.14. The molecule has 1 aliphatic heterocycles. The molecule has 1 atom stereocenters. The zero-order chi connectivity index (χ0) is 12.9. The fourth-order valence-electron chi connectivity index (χ4n) is 2.37. The Hall–Kier alpha value is -2.03. The van der Waals surface area contributed by atoms with Gasteiger partial charge in [0.25, 0.3) is 0 Å². The molecule has 2 aromatic rings. The summed E-state index contributed by atoms with van der Waals surface area (Å²) in [4.78, 5) is 11.9. The predicted molar refractivity (Wildman–Crippen MR) is 70.2 cm³/mol. The van der Waals surface area contributed by atoms with E-state index >= 15 is 0 Å². The Balaban J connectivity index is 2.33. The van der Waals surface area contributed by atoms with Gasteiger partial charge in [0, 0.05) is 6.42 Å². The van der Waals surface area contributed by atoms with Gasteiger partial charge in [-0.2, -0.15) is 0 Å². The Morgan fingerprint density at radius 1 is 1.44 bits per heavy atom. The summed E-state index contributed by atoms with van der Waals surface area (Å²) < 4.78 is 11.2. The van der Waals surface area contributed by atoms with E-state index in [0.29, 0.717) is 23.3 Å². The van der Waals surface area contributed by atoms with Gasteiger partial charge in [-0.05, 0) is 31.1 Å². The van der Waals surface area contributed by atoms with Gasteiger partial charge < -0.3 is 9.15 Å². The fourth-order valence-corrected chi connectivity index (χ4v) is 2.37. The Morgan fingerprint density at radius 2 is 2.22 bits per heavy atom. The summed E-state index contributed by atoms with van der Waals surface area (Å²) in [6.07, 6.45) is 0.435. The normalized spacial score (nSPS) is 17.6. The maximum atomic E-state index is 11.9. The third-order valence-electron chi connectivity index (χ3n) is 3.38. The van der Waals surface area contributed by atoms with Gasteiger partial charge >= 0.3 is 5.63 Å². The average molecular weight is 242 g/mol. The molecule has 0 bridgehead atoms. The average Bonchev–Trinajstić information content (AvgIpc) is 2.74. The van der Waals surface area contributed by atoms with Gasteiger partial charge in [0.15, 0.2) is 0 Å². The molecule has 1 aromatic heterocycles. The van der Waals surface area contributed by atoms with Crippen LogP contribution in [0.4, 0.5) is 0 Å². The molecule has 0 N–H and O–H groups in total. The quantitative estimate of drug-likeness (QED) is 0.570. The molecule has 3 heteroatoms. The van der Waals surface area contributed by atoms with Gasteiger partial charge in [-0.3, -0.25) is 0 Å². The summed E-state index contributed by atoms with van der Waals surface area (Å²) in [5, 5.41) is 0.899. The van der Waals surface area contributed by atoms with Crippen LogP contribution in [0.25, 0.3) is 11.0 Å². The standard InChI is InChI=1S/C15H14O3/c1-8(2)12-7-10-14(17-12)13-9(3)5-4-6-11(13)18-15(10)16/h4-6,12H,1,7H2,2-3H3/t12-/m0/s1. The van der Waals surface area contributed by atoms with Gasteiger partial charge in [0.1, 0.15) is 17.4 Å². The minimum absolute atomic E-state index is 0.117. The van der Waals surface area contributed by atoms with Gasteiger partial charge in [0.05, 0.1) is 10.9 Å². The van der Waals surface area contributed by atoms with Crippen LogP contribution in [0.3, 0.4) is 0 Å². The maximum absolute atomic E-state index is 11.9. The van der Waals surface area contributed by atoms with Gasteiger partial charge in [0.2, 0.25) is 0 Å². The SMILES string of the molecule is C=C(C)[C@@H]1Cc2c(c3c(C)cccc3oc2=O)O1. The molecule has 0 fully saturated rings. The van der Waals surface area contributed by atoms with Crippen molar-refractivity contribution in [2.75, 3.05) is 0 Å². The van der Waals surface area contributed by atoms with Crippen molar-refractivity contribution < 1.29 is 9.15 Å². The molecule has 0 aliphatic carbocycles. The largest absolute Gasteiger partial charge is 0.484 e. The van der Waals surface area contributed by atoms with Crippen LogP contribution in [0, 0.1) is 6.92 Å². The fraction of sp³-hybridized carbons (Fsp3) is 0.267. The van der Waals surface area contributed by atoms with E-state index in [0.717, 1.165) is 16.5 Å². The zero-order valence-corrected chi connectivity index (χ0v) is 10.4. The second-order valence-electron chi connectivity index (χ2n) is 4.80. The molecule has 0 radical (unpaired) electrons. The van der Waals surface area contributed by atoms with E-state index in [4.69, 9.17) is 9.15 Å². The van der Waals surface area contributed by atoms with Crippen LogP contribution in [0.5, 0.6) is 5.75 Å². The van der Waals surface area contributed by atoms with Crippen molar-refractivity contribution in [1.29, 1.82) is 0 Å². The molecule has 1 aromatic carbocycles. The van der Waals surface area contributed by atoms with Crippen LogP contribution in [0.2, 0.25) is 0 Å². The van der Waals surface area contributed by atoms with Crippen molar-refractivity contribution in [3.05, 3.63) is 51.9 Å². The van der Waals surface area contributed by atoms with Crippen LogP contribution in [0.1, 0.15) is 18.1 Å². The first-order valence-corrected chi connectivity index (χ1v) is 5.95. The van der Waals surface area contributed by atoms with Crippen molar-refractivity contribution in [2.45, 2.75) is 26.4 Å². The number of hydrogen-bond donors (Lipinski definition) is 0. The molecule has 3 rings (SSSR count). The summed E-state index contributed by atoms with van der Waals surface area (Å²) in [5.74, 6) is 0.673. The molecular formula is C15H14O3. The first kappa shape index (κ1) is 11.1. The smallest absolute Gasteiger partial charge is 0.343 e. The first-order valence-electron chi connectivity index (χ1n) is 5.95. The molecule has 92 valence electrons. The number of fused-ring (bicyclic) bond motifs is 3. The zero-order valence-electron chi connectivity index (χ0n) is 10.4. The van der Waals surface area contributed by atoms with Crippen LogP contribution in [-0.2, 0) is 6.42 Å². The highest BCUT2D eigenvalue weighted by Gasteiger charge is 2.29. The Bertz CT molecular complexity index is 709. The Kier molecular flexibility index (Phi) is 2.30. The van der Waals surface area contributed by atoms with E-state index in [9.17, 15) is 4.79 Å². The molecule has 0 unspecified atom stereocenters. The Morgan fingerprint density at radius 3 is 2.94 bits per heavy atom. The van der Waals surface area contributed by atoms with Crippen LogP contribution >= 0.6 is 0 Å². The van der Waals surface area contributed by atoms with Crippen molar-refractivity contribution in [3.8, 4) is 5.75 Å². The third kappa shape index (κ3) is 1.47. The van der Waals surface area contributed by atoms with E-state index in [1.807, 2.05) is 26.0 Å². The first-order chi connectivity index (χ1) is 8.58. The molecule has 1 aliphatic rings. The molecule has 0 saturated carbocycles. The lowest BCUT2D eigenvalue weighted by molar-refractivity contribution is 0.273. The lowest BCUT2D eigenvalue weighted by Gasteiger charge is -2.11. The van der Waals surface area contributed by atoms with Crippen molar-refractivity contribution in [3.63, 3.8) is 0 Å². The molecule has 18 heavy (non-hydrogen) atoms. The van der Waals surface area contributed by atoms with Gasteiger partial charge in [-0.25, -0.2) is 4.79 Å². The monoisotopic (exact) mass is 242 g/mol. The van der Waals surface area contributed by atoms with Crippen molar-refractivity contribution >= 4 is 11.0 Å². The molecule has 2 heterocycles. The van der Waals surface area contributed by atoms with Gasteiger partial charge in [-0.1, -0.05) is 18.7 Å². The second-order valence-corrected chi connectivity index (χ2v) is 4.80. The van der Waals surface area contributed by atoms with E-state index < -0.39 is 0 Å². The number of aryl methyl sites for hydroxylation is 1. The molecule has 0 saturated heterocycles. The molecule has 0 amide bonds. The summed E-state index contributed by atoms with van der Waals surface area (Å²) >= 11 is 0. The lowest BCUT2D eigenvalue weighted by atomic mass is 10.0. The topological polar surface area (TPSA) is 39.4 Å². The number of benzene rings is 1. The van der Waals surface area contributed by atoms with Gasteiger partial charge in [-0.15, -0.1) is 0 Å². The van der Waals surface area contributed by atoms with Crippen LogP contribution < -0.4 is 10.4 Å². The van der Waals surface area contributed by atoms with Crippen LogP contribution in [0.15, 0.2) is 39.6 Å². The minimum atomic E-state index is -0.299. The molecule has 3 nitrogen and oxygen atoms in total. The van der Waals surface area contributed by atoms with E-state index in [-0.39, 0.29) is 11.7 Å². The second kappa shape index (κ2) is 3.73. The van der Waals surface area contributed by atoms with E-state index in [1.165, 1.54) is 0 Å². The van der Waals surface area contributed by atoms with Crippen molar-refractivity contribution in [1.82, 2.24) is 0 Å².